The van der Waals surface area contributed by atoms with Crippen molar-refractivity contribution in [1.29, 1.82) is 0 Å². The van der Waals surface area contributed by atoms with E-state index in [1.807, 2.05) is 13.2 Å². The van der Waals surface area contributed by atoms with E-state index in [9.17, 15) is 4.79 Å². The van der Waals surface area contributed by atoms with Crippen LogP contribution in [0.5, 0.6) is 0 Å². The maximum Gasteiger partial charge on any atom is 0.273 e. The lowest BCUT2D eigenvalue weighted by atomic mass is 10.0. The predicted octanol–water partition coefficient (Wildman–Crippen LogP) is 2.98. The molecule has 1 amide bonds. The third-order valence-electron chi connectivity index (χ3n) is 3.26. The Labute approximate surface area is 131 Å². The second-order valence-electron chi connectivity index (χ2n) is 5.80. The second-order valence-corrected chi connectivity index (χ2v) is 6.79. The summed E-state index contributed by atoms with van der Waals surface area (Å²) in [5.74, 6) is 1.82. The summed E-state index contributed by atoms with van der Waals surface area (Å²) >= 11 is 1.73. The molecule has 2 atom stereocenters. The van der Waals surface area contributed by atoms with Crippen molar-refractivity contribution in [1.82, 2.24) is 10.3 Å². The molecule has 5 nitrogen and oxygen atoms in total. The molecule has 1 aromatic rings. The Kier molecular flexibility index (Phi) is 7.82. The number of amides is 1. The molecule has 1 aromatic heterocycles. The summed E-state index contributed by atoms with van der Waals surface area (Å²) in [6.07, 6.45) is 6.25. The number of nitrogens with two attached hydrogens (primary N) is 1. The number of nitrogens with zero attached hydrogens (tertiary/aromatic N) is 1. The third kappa shape index (κ3) is 6.52. The van der Waals surface area contributed by atoms with Crippen LogP contribution in [-0.2, 0) is 0 Å². The maximum absolute atomic E-state index is 12.1. The summed E-state index contributed by atoms with van der Waals surface area (Å²) in [5.41, 5.74) is 6.28. The van der Waals surface area contributed by atoms with Gasteiger partial charge in [0.2, 0.25) is 5.89 Å². The Balaban J connectivity index is 2.49. The van der Waals surface area contributed by atoms with Gasteiger partial charge in [-0.05, 0) is 44.1 Å². The Bertz CT molecular complexity index is 434. The number of oxazole rings is 1. The first kappa shape index (κ1) is 18.0. The smallest absolute Gasteiger partial charge is 0.273 e. The first-order valence-corrected chi connectivity index (χ1v) is 8.84. The van der Waals surface area contributed by atoms with Gasteiger partial charge in [0, 0.05) is 6.04 Å². The lowest BCUT2D eigenvalue weighted by molar-refractivity contribution is 0.0932. The first-order valence-electron chi connectivity index (χ1n) is 7.44. The molecule has 0 aliphatic rings. The number of carbonyl (C=O) groups excluding carboxylic acids is 1. The van der Waals surface area contributed by atoms with Crippen molar-refractivity contribution in [3.05, 3.63) is 17.8 Å². The average molecular weight is 313 g/mol. The van der Waals surface area contributed by atoms with Gasteiger partial charge in [-0.15, -0.1) is 0 Å². The summed E-state index contributed by atoms with van der Waals surface area (Å²) in [4.78, 5) is 16.3. The average Bonchev–Trinajstić information content (AvgIpc) is 2.92. The molecule has 0 radical (unpaired) electrons. The van der Waals surface area contributed by atoms with Gasteiger partial charge >= 0.3 is 0 Å². The molecule has 0 saturated heterocycles. The number of hydrogen-bond donors (Lipinski definition) is 2. The van der Waals surface area contributed by atoms with Crippen LogP contribution < -0.4 is 11.1 Å². The van der Waals surface area contributed by atoms with Crippen LogP contribution in [0.4, 0.5) is 0 Å². The van der Waals surface area contributed by atoms with Gasteiger partial charge in [0.15, 0.2) is 5.69 Å². The molecule has 1 rings (SSSR count). The minimum absolute atomic E-state index is 0.130. The normalized spacial score (nSPS) is 14.2. The zero-order valence-electron chi connectivity index (χ0n) is 13.4. The van der Waals surface area contributed by atoms with Crippen molar-refractivity contribution in [3.63, 3.8) is 0 Å². The summed E-state index contributed by atoms with van der Waals surface area (Å²) in [6.45, 7) is 6.36. The highest BCUT2D eigenvalue weighted by Crippen LogP contribution is 2.16. The van der Waals surface area contributed by atoms with E-state index in [0.717, 1.165) is 25.0 Å². The molecule has 0 fully saturated rings. The van der Waals surface area contributed by atoms with Crippen molar-refractivity contribution in [2.75, 3.05) is 12.0 Å². The first-order chi connectivity index (χ1) is 9.93. The molecule has 3 N–H and O–H groups in total. The Morgan fingerprint density at radius 1 is 1.38 bits per heavy atom. The van der Waals surface area contributed by atoms with Gasteiger partial charge in [0.05, 0.1) is 6.04 Å². The van der Waals surface area contributed by atoms with Crippen LogP contribution in [-0.4, -0.2) is 28.9 Å². The molecule has 21 heavy (non-hydrogen) atoms. The summed E-state index contributed by atoms with van der Waals surface area (Å²) in [6, 6.07) is -0.123. The van der Waals surface area contributed by atoms with Crippen LogP contribution in [0.2, 0.25) is 0 Å². The standard InChI is InChI=1S/C15H27N3O2S/c1-10(2)5-6-11(3)17-14(19)13-9-20-15(18-13)12(16)7-8-21-4/h9-12H,5-8,16H2,1-4H3,(H,17,19). The number of aromatic nitrogens is 1. The van der Waals surface area contributed by atoms with Crippen molar-refractivity contribution < 1.29 is 9.21 Å². The molecule has 0 aliphatic heterocycles. The lowest BCUT2D eigenvalue weighted by Crippen LogP contribution is -2.33. The van der Waals surface area contributed by atoms with E-state index in [0.29, 0.717) is 17.5 Å². The Hall–Kier alpha value is -1.01. The van der Waals surface area contributed by atoms with E-state index >= 15 is 0 Å². The lowest BCUT2D eigenvalue weighted by Gasteiger charge is -2.13. The molecular weight excluding hydrogens is 286 g/mol. The molecule has 0 aliphatic carbocycles. The minimum atomic E-state index is -0.252. The van der Waals surface area contributed by atoms with Gasteiger partial charge in [-0.1, -0.05) is 13.8 Å². The van der Waals surface area contributed by atoms with Crippen molar-refractivity contribution >= 4 is 17.7 Å². The summed E-state index contributed by atoms with van der Waals surface area (Å²) in [5, 5.41) is 2.94. The number of carbonyl (C=O) groups is 1. The molecule has 0 spiro atoms. The molecule has 6 heteroatoms. The van der Waals surface area contributed by atoms with Gasteiger partial charge in [-0.25, -0.2) is 4.98 Å². The number of nitrogens with one attached hydrogen (secondary N) is 1. The van der Waals surface area contributed by atoms with Crippen LogP contribution in [0.25, 0.3) is 0 Å². The predicted molar refractivity (Wildman–Crippen MR) is 87.4 cm³/mol. The van der Waals surface area contributed by atoms with Gasteiger partial charge < -0.3 is 15.5 Å². The quantitative estimate of drug-likeness (QED) is 0.732. The van der Waals surface area contributed by atoms with Crippen LogP contribution in [0.3, 0.4) is 0 Å². The molecular formula is C15H27N3O2S. The van der Waals surface area contributed by atoms with E-state index in [2.05, 4.69) is 24.1 Å². The van der Waals surface area contributed by atoms with E-state index in [-0.39, 0.29) is 18.0 Å². The topological polar surface area (TPSA) is 81.1 Å². The van der Waals surface area contributed by atoms with Crippen molar-refractivity contribution in [3.8, 4) is 0 Å². The molecule has 0 aromatic carbocycles. The third-order valence-corrected chi connectivity index (χ3v) is 3.90. The number of hydrogen-bond acceptors (Lipinski definition) is 5. The van der Waals surface area contributed by atoms with Crippen LogP contribution in [0.15, 0.2) is 10.7 Å². The highest BCUT2D eigenvalue weighted by Gasteiger charge is 2.18. The maximum atomic E-state index is 12.1. The fraction of sp³-hybridized carbons (Fsp3) is 0.733. The molecule has 2 unspecified atom stereocenters. The fourth-order valence-corrected chi connectivity index (χ4v) is 2.37. The molecule has 0 saturated carbocycles. The second kappa shape index (κ2) is 9.10. The van der Waals surface area contributed by atoms with Gasteiger partial charge in [-0.2, -0.15) is 11.8 Å². The molecule has 0 bridgehead atoms. The number of rotatable bonds is 9. The van der Waals surface area contributed by atoms with Gasteiger partial charge in [0.25, 0.3) is 5.91 Å². The highest BCUT2D eigenvalue weighted by molar-refractivity contribution is 7.98. The summed E-state index contributed by atoms with van der Waals surface area (Å²) in [7, 11) is 0. The summed E-state index contributed by atoms with van der Waals surface area (Å²) < 4.78 is 5.32. The Morgan fingerprint density at radius 2 is 2.10 bits per heavy atom. The van der Waals surface area contributed by atoms with Gasteiger partial charge in [-0.3, -0.25) is 4.79 Å². The monoisotopic (exact) mass is 313 g/mol. The minimum Gasteiger partial charge on any atom is -0.446 e. The SMILES string of the molecule is CSCCC(N)c1nc(C(=O)NC(C)CCC(C)C)co1. The van der Waals surface area contributed by atoms with Crippen molar-refractivity contribution in [2.45, 2.75) is 52.1 Å². The van der Waals surface area contributed by atoms with Gasteiger partial charge in [0.1, 0.15) is 6.26 Å². The Morgan fingerprint density at radius 3 is 2.71 bits per heavy atom. The largest absolute Gasteiger partial charge is 0.446 e. The van der Waals surface area contributed by atoms with Crippen LogP contribution in [0, 0.1) is 5.92 Å². The van der Waals surface area contributed by atoms with E-state index in [4.69, 9.17) is 10.2 Å². The highest BCUT2D eigenvalue weighted by atomic mass is 32.2. The number of thioether (sulfide) groups is 1. The van der Waals surface area contributed by atoms with E-state index < -0.39 is 0 Å². The zero-order chi connectivity index (χ0) is 15.8. The van der Waals surface area contributed by atoms with E-state index in [1.165, 1.54) is 6.26 Å². The van der Waals surface area contributed by atoms with Crippen molar-refractivity contribution in [2.24, 2.45) is 11.7 Å². The van der Waals surface area contributed by atoms with Crippen LogP contribution in [0.1, 0.15) is 62.5 Å². The molecule has 1 heterocycles. The fourth-order valence-electron chi connectivity index (χ4n) is 1.88. The van der Waals surface area contributed by atoms with Crippen LogP contribution >= 0.6 is 11.8 Å². The zero-order valence-corrected chi connectivity index (χ0v) is 14.2. The molecule has 120 valence electrons. The van der Waals surface area contributed by atoms with E-state index in [1.54, 1.807) is 11.8 Å².